The number of ether oxygens (including phenoxy) is 1. The van der Waals surface area contributed by atoms with E-state index in [1.54, 1.807) is 28.0 Å². The van der Waals surface area contributed by atoms with Crippen LogP contribution in [0.1, 0.15) is 19.3 Å². The molecule has 0 aliphatic carbocycles. The molecule has 4 N–H and O–H groups in total. The molecule has 32 heavy (non-hydrogen) atoms. The smallest absolute Gasteiger partial charge is 0.303 e. The maximum absolute atomic E-state index is 10.6. The first-order chi connectivity index (χ1) is 15.6. The molecule has 1 aromatic carbocycles. The average molecular weight is 437 g/mol. The molecule has 4 aromatic rings. The highest BCUT2D eigenvalue weighted by Gasteiger charge is 2.11. The zero-order valence-electron chi connectivity index (χ0n) is 17.3. The number of aromatic nitrogens is 7. The van der Waals surface area contributed by atoms with Gasteiger partial charge in [-0.25, -0.2) is 4.98 Å². The third kappa shape index (κ3) is 5.16. The van der Waals surface area contributed by atoms with Crippen LogP contribution in [0, 0.1) is 0 Å². The molecule has 0 unspecified atom stereocenters. The van der Waals surface area contributed by atoms with Gasteiger partial charge >= 0.3 is 5.97 Å². The van der Waals surface area contributed by atoms with E-state index in [1.807, 2.05) is 24.3 Å². The van der Waals surface area contributed by atoms with Gasteiger partial charge in [0, 0.05) is 19.2 Å². The molecule has 0 saturated heterocycles. The van der Waals surface area contributed by atoms with Crippen molar-refractivity contribution in [1.29, 1.82) is 0 Å². The van der Waals surface area contributed by atoms with Crippen LogP contribution in [0.5, 0.6) is 5.75 Å². The van der Waals surface area contributed by atoms with Gasteiger partial charge in [0.15, 0.2) is 11.2 Å². The Bertz CT molecular complexity index is 1190. The second-order valence-electron chi connectivity index (χ2n) is 7.00. The SMILES string of the molecule is NCCCOc1ccc(-n2nnc3cnc(Nc4cnn(CCCC(=O)O)c4)nc32)cc1. The topological polar surface area (TPSA) is 159 Å². The van der Waals surface area contributed by atoms with E-state index in [4.69, 9.17) is 15.6 Å². The molecule has 0 fully saturated rings. The first-order valence-electron chi connectivity index (χ1n) is 10.2. The summed E-state index contributed by atoms with van der Waals surface area (Å²) in [5.41, 5.74) is 8.07. The molecule has 4 rings (SSSR count). The number of hydrogen-bond donors (Lipinski definition) is 3. The Morgan fingerprint density at radius 3 is 2.81 bits per heavy atom. The van der Waals surface area contributed by atoms with Crippen molar-refractivity contribution in [2.45, 2.75) is 25.8 Å². The van der Waals surface area contributed by atoms with Gasteiger partial charge in [-0.3, -0.25) is 9.48 Å². The van der Waals surface area contributed by atoms with Crippen molar-refractivity contribution in [2.75, 3.05) is 18.5 Å². The molecule has 12 nitrogen and oxygen atoms in total. The number of aliphatic carboxylic acids is 1. The zero-order chi connectivity index (χ0) is 22.3. The van der Waals surface area contributed by atoms with Crippen LogP contribution < -0.4 is 15.8 Å². The highest BCUT2D eigenvalue weighted by Crippen LogP contribution is 2.20. The minimum atomic E-state index is -0.823. The quantitative estimate of drug-likeness (QED) is 0.295. The van der Waals surface area contributed by atoms with Gasteiger partial charge in [0.25, 0.3) is 0 Å². The fourth-order valence-electron chi connectivity index (χ4n) is 2.99. The first-order valence-corrected chi connectivity index (χ1v) is 10.2. The van der Waals surface area contributed by atoms with Crippen LogP contribution in [-0.4, -0.2) is 59.0 Å². The second kappa shape index (κ2) is 9.83. The summed E-state index contributed by atoms with van der Waals surface area (Å²) in [6, 6.07) is 7.47. The number of fused-ring (bicyclic) bond motifs is 1. The average Bonchev–Trinajstić information content (AvgIpc) is 3.41. The van der Waals surface area contributed by atoms with E-state index in [9.17, 15) is 4.79 Å². The molecular weight excluding hydrogens is 414 g/mol. The molecule has 0 aliphatic rings. The van der Waals surface area contributed by atoms with Gasteiger partial charge in [0.2, 0.25) is 5.95 Å². The maximum Gasteiger partial charge on any atom is 0.303 e. The van der Waals surface area contributed by atoms with E-state index in [-0.39, 0.29) is 6.42 Å². The Kier molecular flexibility index (Phi) is 6.51. The molecule has 0 spiro atoms. The monoisotopic (exact) mass is 437 g/mol. The molecule has 0 aliphatic heterocycles. The van der Waals surface area contributed by atoms with E-state index in [1.165, 1.54) is 0 Å². The predicted molar refractivity (Wildman–Crippen MR) is 116 cm³/mol. The summed E-state index contributed by atoms with van der Waals surface area (Å²) in [5, 5.41) is 24.4. The minimum absolute atomic E-state index is 0.0974. The number of nitrogens with zero attached hydrogens (tertiary/aromatic N) is 7. The molecule has 0 atom stereocenters. The largest absolute Gasteiger partial charge is 0.494 e. The Morgan fingerprint density at radius 1 is 1.19 bits per heavy atom. The van der Waals surface area contributed by atoms with Gasteiger partial charge in [0.05, 0.1) is 30.4 Å². The van der Waals surface area contributed by atoms with Crippen molar-refractivity contribution >= 4 is 28.8 Å². The van der Waals surface area contributed by atoms with Crippen molar-refractivity contribution in [3.63, 3.8) is 0 Å². The van der Waals surface area contributed by atoms with Crippen LogP contribution in [-0.2, 0) is 11.3 Å². The summed E-state index contributed by atoms with van der Waals surface area (Å²) in [4.78, 5) is 19.5. The van der Waals surface area contributed by atoms with Gasteiger partial charge in [-0.05, 0) is 43.7 Å². The molecule has 166 valence electrons. The highest BCUT2D eigenvalue weighted by molar-refractivity contribution is 5.72. The lowest BCUT2D eigenvalue weighted by molar-refractivity contribution is -0.137. The van der Waals surface area contributed by atoms with Crippen LogP contribution in [0.25, 0.3) is 16.9 Å². The number of rotatable bonds is 11. The lowest BCUT2D eigenvalue weighted by Crippen LogP contribution is -2.06. The lowest BCUT2D eigenvalue weighted by Gasteiger charge is -2.07. The van der Waals surface area contributed by atoms with Crippen molar-refractivity contribution in [2.24, 2.45) is 5.73 Å². The number of carboxylic acid groups (broad SMARTS) is 1. The Hall–Kier alpha value is -4.06. The van der Waals surface area contributed by atoms with E-state index in [2.05, 4.69) is 30.7 Å². The van der Waals surface area contributed by atoms with Crippen LogP contribution in [0.15, 0.2) is 42.9 Å². The number of hydrogen-bond acceptors (Lipinski definition) is 9. The predicted octanol–water partition coefficient (Wildman–Crippen LogP) is 1.74. The number of anilines is 2. The fourth-order valence-corrected chi connectivity index (χ4v) is 2.99. The molecule has 3 heterocycles. The second-order valence-corrected chi connectivity index (χ2v) is 7.00. The molecule has 3 aromatic heterocycles. The van der Waals surface area contributed by atoms with Crippen molar-refractivity contribution in [1.82, 2.24) is 34.7 Å². The van der Waals surface area contributed by atoms with Crippen LogP contribution in [0.4, 0.5) is 11.6 Å². The van der Waals surface area contributed by atoms with Crippen molar-refractivity contribution in [3.8, 4) is 11.4 Å². The third-order valence-corrected chi connectivity index (χ3v) is 4.56. The molecule has 0 bridgehead atoms. The fraction of sp³-hybridized carbons (Fsp3) is 0.300. The van der Waals surface area contributed by atoms with E-state index >= 15 is 0 Å². The number of carboxylic acids is 1. The summed E-state index contributed by atoms with van der Waals surface area (Å²) < 4.78 is 8.93. The Labute approximate surface area is 183 Å². The lowest BCUT2D eigenvalue weighted by atomic mass is 10.3. The van der Waals surface area contributed by atoms with Gasteiger partial charge < -0.3 is 20.9 Å². The van der Waals surface area contributed by atoms with E-state index in [0.717, 1.165) is 17.9 Å². The molecule has 0 radical (unpaired) electrons. The summed E-state index contributed by atoms with van der Waals surface area (Å²) >= 11 is 0. The number of nitrogens with two attached hydrogens (primary N) is 1. The van der Waals surface area contributed by atoms with Crippen LogP contribution in [0.3, 0.4) is 0 Å². The van der Waals surface area contributed by atoms with E-state index < -0.39 is 5.97 Å². The normalized spacial score (nSPS) is 11.0. The third-order valence-electron chi connectivity index (χ3n) is 4.56. The Balaban J connectivity index is 1.47. The zero-order valence-corrected chi connectivity index (χ0v) is 17.3. The van der Waals surface area contributed by atoms with Gasteiger partial charge in [-0.1, -0.05) is 5.21 Å². The van der Waals surface area contributed by atoms with Gasteiger partial charge in [-0.15, -0.1) is 5.10 Å². The molecule has 12 heteroatoms. The molecule has 0 saturated carbocycles. The minimum Gasteiger partial charge on any atom is -0.494 e. The van der Waals surface area contributed by atoms with Crippen molar-refractivity contribution in [3.05, 3.63) is 42.9 Å². The van der Waals surface area contributed by atoms with E-state index in [0.29, 0.717) is 48.9 Å². The van der Waals surface area contributed by atoms with Crippen LogP contribution >= 0.6 is 0 Å². The number of benzene rings is 1. The summed E-state index contributed by atoms with van der Waals surface area (Å²) in [7, 11) is 0. The molecular formula is C20H23N9O3. The van der Waals surface area contributed by atoms with Gasteiger partial charge in [0.1, 0.15) is 5.75 Å². The summed E-state index contributed by atoms with van der Waals surface area (Å²) in [6.07, 6.45) is 6.39. The highest BCUT2D eigenvalue weighted by atomic mass is 16.5. The standard InChI is InChI=1S/C20H23N9O3/c21-8-2-10-32-16-6-4-15(5-7-16)29-19-17(26-27-29)12-22-20(25-19)24-14-11-23-28(13-14)9-1-3-18(30)31/h4-7,11-13H,1-3,8-10,21H2,(H,30,31)(H,22,24,25). The number of nitrogens with one attached hydrogen (secondary N) is 1. The molecule has 0 amide bonds. The number of carbonyl (C=O) groups is 1. The summed E-state index contributed by atoms with van der Waals surface area (Å²) in [5.74, 6) is 0.299. The van der Waals surface area contributed by atoms with Crippen molar-refractivity contribution < 1.29 is 14.6 Å². The van der Waals surface area contributed by atoms with Gasteiger partial charge in [-0.2, -0.15) is 14.8 Å². The van der Waals surface area contributed by atoms with Crippen LogP contribution in [0.2, 0.25) is 0 Å². The Morgan fingerprint density at radius 2 is 2.03 bits per heavy atom. The maximum atomic E-state index is 10.6. The number of aryl methyl sites for hydroxylation is 1. The first kappa shape index (κ1) is 21.2. The summed E-state index contributed by atoms with van der Waals surface area (Å²) in [6.45, 7) is 1.67.